The molecule has 1 rings (SSSR count). The third kappa shape index (κ3) is 4.59. The molecule has 0 saturated carbocycles. The third-order valence-electron chi connectivity index (χ3n) is 3.05. The quantitative estimate of drug-likeness (QED) is 0.800. The second-order valence-electron chi connectivity index (χ2n) is 4.77. The van der Waals surface area contributed by atoms with Gasteiger partial charge >= 0.3 is 0 Å². The minimum absolute atomic E-state index is 0.0476. The van der Waals surface area contributed by atoms with Crippen molar-refractivity contribution in [2.45, 2.75) is 40.0 Å². The normalized spacial score (nSPS) is 12.2. The minimum atomic E-state index is 0.0476. The van der Waals surface area contributed by atoms with Gasteiger partial charge in [-0.05, 0) is 30.9 Å². The molecule has 0 radical (unpaired) electrons. The number of unbranched alkanes of at least 4 members (excludes halogenated alkanes) is 1. The van der Waals surface area contributed by atoms with Crippen molar-refractivity contribution in [3.8, 4) is 0 Å². The zero-order valence-corrected chi connectivity index (χ0v) is 11.1. The topological polar surface area (TPSA) is 29.1 Å². The lowest BCUT2D eigenvalue weighted by molar-refractivity contribution is 0.0946. The molecule has 1 atom stereocenters. The summed E-state index contributed by atoms with van der Waals surface area (Å²) in [7, 11) is 0. The summed E-state index contributed by atoms with van der Waals surface area (Å²) >= 11 is 0. The van der Waals surface area contributed by atoms with E-state index in [4.69, 9.17) is 0 Å². The monoisotopic (exact) mass is 233 g/mol. The van der Waals surface area contributed by atoms with Crippen LogP contribution in [0, 0.1) is 12.8 Å². The number of benzene rings is 1. The predicted molar refractivity (Wildman–Crippen MR) is 72.2 cm³/mol. The molecule has 2 nitrogen and oxygen atoms in total. The molecule has 1 N–H and O–H groups in total. The summed E-state index contributed by atoms with van der Waals surface area (Å²) in [6.07, 6.45) is 3.64. The maximum absolute atomic E-state index is 11.9. The lowest BCUT2D eigenvalue weighted by atomic mass is 10.0. The second kappa shape index (κ2) is 7.10. The van der Waals surface area contributed by atoms with Crippen molar-refractivity contribution in [2.24, 2.45) is 5.92 Å². The second-order valence-corrected chi connectivity index (χ2v) is 4.77. The number of amides is 1. The van der Waals surface area contributed by atoms with Gasteiger partial charge in [-0.15, -0.1) is 0 Å². The Hall–Kier alpha value is -1.31. The fourth-order valence-electron chi connectivity index (χ4n) is 1.84. The Bertz CT molecular complexity index is 360. The van der Waals surface area contributed by atoms with Crippen LogP contribution >= 0.6 is 0 Å². The zero-order chi connectivity index (χ0) is 12.7. The first-order valence-electron chi connectivity index (χ1n) is 6.49. The molecule has 0 aliphatic rings. The molecular weight excluding hydrogens is 210 g/mol. The van der Waals surface area contributed by atoms with Crippen LogP contribution in [-0.4, -0.2) is 12.5 Å². The van der Waals surface area contributed by atoms with Gasteiger partial charge in [0, 0.05) is 12.1 Å². The van der Waals surface area contributed by atoms with Crippen LogP contribution < -0.4 is 5.32 Å². The Balaban J connectivity index is 2.42. The van der Waals surface area contributed by atoms with Gasteiger partial charge in [0.05, 0.1) is 0 Å². The van der Waals surface area contributed by atoms with Crippen molar-refractivity contribution < 1.29 is 4.79 Å². The van der Waals surface area contributed by atoms with E-state index in [2.05, 4.69) is 19.2 Å². The van der Waals surface area contributed by atoms with Gasteiger partial charge in [-0.25, -0.2) is 0 Å². The number of rotatable bonds is 6. The van der Waals surface area contributed by atoms with Crippen molar-refractivity contribution in [3.63, 3.8) is 0 Å². The number of carbonyl (C=O) groups is 1. The standard InChI is InChI=1S/C15H23NO/c1-4-5-8-12(2)11-16-15(17)14-10-7-6-9-13(14)3/h6-7,9-10,12H,4-5,8,11H2,1-3H3,(H,16,17)/t12-/m0/s1. The Morgan fingerprint density at radius 1 is 1.35 bits per heavy atom. The predicted octanol–water partition coefficient (Wildman–Crippen LogP) is 3.55. The highest BCUT2D eigenvalue weighted by Gasteiger charge is 2.09. The molecule has 17 heavy (non-hydrogen) atoms. The molecule has 0 spiro atoms. The van der Waals surface area contributed by atoms with Crippen LogP contribution in [-0.2, 0) is 0 Å². The molecule has 0 saturated heterocycles. The number of hydrogen-bond donors (Lipinski definition) is 1. The molecule has 2 heteroatoms. The summed E-state index contributed by atoms with van der Waals surface area (Å²) < 4.78 is 0. The van der Waals surface area contributed by atoms with Crippen LogP contribution in [0.2, 0.25) is 0 Å². The Labute approximate surface area is 104 Å². The smallest absolute Gasteiger partial charge is 0.251 e. The van der Waals surface area contributed by atoms with Crippen LogP contribution in [0.25, 0.3) is 0 Å². The highest BCUT2D eigenvalue weighted by molar-refractivity contribution is 5.95. The van der Waals surface area contributed by atoms with Crippen LogP contribution in [0.4, 0.5) is 0 Å². The van der Waals surface area contributed by atoms with E-state index in [1.807, 2.05) is 31.2 Å². The molecule has 1 aromatic rings. The maximum atomic E-state index is 11.9. The molecule has 0 bridgehead atoms. The van der Waals surface area contributed by atoms with E-state index in [9.17, 15) is 4.79 Å². The first kappa shape index (κ1) is 13.8. The van der Waals surface area contributed by atoms with Gasteiger partial charge in [-0.2, -0.15) is 0 Å². The van der Waals surface area contributed by atoms with Gasteiger partial charge in [0.1, 0.15) is 0 Å². The summed E-state index contributed by atoms with van der Waals surface area (Å²) in [6, 6.07) is 7.70. The number of aryl methyl sites for hydroxylation is 1. The average molecular weight is 233 g/mol. The van der Waals surface area contributed by atoms with Crippen LogP contribution in [0.5, 0.6) is 0 Å². The van der Waals surface area contributed by atoms with E-state index in [1.54, 1.807) is 0 Å². The van der Waals surface area contributed by atoms with Crippen molar-refractivity contribution in [3.05, 3.63) is 35.4 Å². The highest BCUT2D eigenvalue weighted by Crippen LogP contribution is 2.09. The Kier molecular flexibility index (Phi) is 5.75. The van der Waals surface area contributed by atoms with Gasteiger partial charge in [0.2, 0.25) is 0 Å². The molecule has 0 aliphatic carbocycles. The molecule has 0 fully saturated rings. The molecule has 94 valence electrons. The molecule has 0 aromatic heterocycles. The molecule has 1 amide bonds. The van der Waals surface area contributed by atoms with E-state index in [1.165, 1.54) is 19.3 Å². The van der Waals surface area contributed by atoms with Crippen molar-refractivity contribution >= 4 is 5.91 Å². The molecular formula is C15H23NO. The van der Waals surface area contributed by atoms with E-state index < -0.39 is 0 Å². The lowest BCUT2D eigenvalue weighted by Crippen LogP contribution is -2.28. The zero-order valence-electron chi connectivity index (χ0n) is 11.1. The van der Waals surface area contributed by atoms with Gasteiger partial charge in [0.15, 0.2) is 0 Å². The first-order chi connectivity index (χ1) is 8.15. The fraction of sp³-hybridized carbons (Fsp3) is 0.533. The number of nitrogens with one attached hydrogen (secondary N) is 1. The van der Waals surface area contributed by atoms with Gasteiger partial charge in [0.25, 0.3) is 5.91 Å². The highest BCUT2D eigenvalue weighted by atomic mass is 16.1. The number of carbonyl (C=O) groups excluding carboxylic acids is 1. The van der Waals surface area contributed by atoms with E-state index in [-0.39, 0.29) is 5.91 Å². The van der Waals surface area contributed by atoms with Gasteiger partial charge in [-0.1, -0.05) is 44.9 Å². The van der Waals surface area contributed by atoms with Gasteiger partial charge in [-0.3, -0.25) is 4.79 Å². The average Bonchev–Trinajstić information content (AvgIpc) is 2.34. The van der Waals surface area contributed by atoms with Crippen LogP contribution in [0.15, 0.2) is 24.3 Å². The SMILES string of the molecule is CCCC[C@H](C)CNC(=O)c1ccccc1C. The molecule has 1 aromatic carbocycles. The van der Waals surface area contributed by atoms with E-state index in [0.29, 0.717) is 5.92 Å². The van der Waals surface area contributed by atoms with Gasteiger partial charge < -0.3 is 5.32 Å². The summed E-state index contributed by atoms with van der Waals surface area (Å²) in [5, 5.41) is 3.01. The van der Waals surface area contributed by atoms with E-state index in [0.717, 1.165) is 17.7 Å². The maximum Gasteiger partial charge on any atom is 0.251 e. The summed E-state index contributed by atoms with van der Waals surface area (Å²) in [5.41, 5.74) is 1.82. The summed E-state index contributed by atoms with van der Waals surface area (Å²) in [4.78, 5) is 11.9. The van der Waals surface area contributed by atoms with Crippen molar-refractivity contribution in [1.82, 2.24) is 5.32 Å². The lowest BCUT2D eigenvalue weighted by Gasteiger charge is -2.12. The molecule has 0 unspecified atom stereocenters. The minimum Gasteiger partial charge on any atom is -0.352 e. The largest absolute Gasteiger partial charge is 0.352 e. The molecule has 0 aliphatic heterocycles. The van der Waals surface area contributed by atoms with Crippen molar-refractivity contribution in [2.75, 3.05) is 6.54 Å². The summed E-state index contributed by atoms with van der Waals surface area (Å²) in [6.45, 7) is 7.12. The van der Waals surface area contributed by atoms with E-state index >= 15 is 0 Å². The molecule has 0 heterocycles. The van der Waals surface area contributed by atoms with Crippen LogP contribution in [0.1, 0.15) is 49.0 Å². The summed E-state index contributed by atoms with van der Waals surface area (Å²) in [5.74, 6) is 0.606. The Morgan fingerprint density at radius 2 is 2.06 bits per heavy atom. The third-order valence-corrected chi connectivity index (χ3v) is 3.05. The fourth-order valence-corrected chi connectivity index (χ4v) is 1.84. The van der Waals surface area contributed by atoms with Crippen molar-refractivity contribution in [1.29, 1.82) is 0 Å². The Morgan fingerprint density at radius 3 is 2.71 bits per heavy atom. The number of hydrogen-bond acceptors (Lipinski definition) is 1. The first-order valence-corrected chi connectivity index (χ1v) is 6.49. The van der Waals surface area contributed by atoms with Crippen LogP contribution in [0.3, 0.4) is 0 Å².